The molecule has 3 aliphatic carbocycles. The van der Waals surface area contributed by atoms with Gasteiger partial charge in [-0.05, 0) is 73.5 Å². The van der Waals surface area contributed by atoms with Crippen LogP contribution in [0.5, 0.6) is 11.5 Å². The number of nitrogens with one attached hydrogen (secondary N) is 1. The predicted octanol–water partition coefficient (Wildman–Crippen LogP) is 3.64. The Hall–Kier alpha value is -2.70. The number of aliphatic hydroxyl groups is 1. The van der Waals surface area contributed by atoms with Gasteiger partial charge in [-0.25, -0.2) is 0 Å². The van der Waals surface area contributed by atoms with Gasteiger partial charge in [-0.15, -0.1) is 0 Å². The molecule has 8 rings (SSSR count). The Balaban J connectivity index is 1.39. The number of H-pyrrole nitrogens is 1. The molecule has 4 atom stereocenters. The molecule has 1 spiro atoms. The van der Waals surface area contributed by atoms with Gasteiger partial charge in [0.25, 0.3) is 0 Å². The zero-order chi connectivity index (χ0) is 23.0. The smallest absolute Gasteiger partial charge is 0.166 e. The highest BCUT2D eigenvalue weighted by Crippen LogP contribution is 2.69. The first-order valence-corrected chi connectivity index (χ1v) is 12.7. The number of piperidine rings is 1. The third-order valence-corrected chi connectivity index (χ3v) is 9.66. The molecule has 0 radical (unpaired) electrons. The average Bonchev–Trinajstić information content (AvgIpc) is 3.45. The van der Waals surface area contributed by atoms with Gasteiger partial charge in [0, 0.05) is 55.3 Å². The van der Waals surface area contributed by atoms with Crippen molar-refractivity contribution in [1.29, 1.82) is 0 Å². The van der Waals surface area contributed by atoms with Gasteiger partial charge in [0.2, 0.25) is 0 Å². The molecule has 176 valence electrons. The van der Waals surface area contributed by atoms with E-state index in [0.29, 0.717) is 12.2 Å². The summed E-state index contributed by atoms with van der Waals surface area (Å²) in [6, 6.07) is 10.4. The Morgan fingerprint density at radius 3 is 2.85 bits per heavy atom. The van der Waals surface area contributed by atoms with E-state index in [0.717, 1.165) is 54.3 Å². The monoisotopic (exact) mass is 457 g/mol. The lowest BCUT2D eigenvalue weighted by Gasteiger charge is -2.62. The third kappa shape index (κ3) is 2.16. The van der Waals surface area contributed by atoms with Crippen molar-refractivity contribution in [1.82, 2.24) is 9.88 Å². The molecule has 2 bridgehead atoms. The third-order valence-electron chi connectivity index (χ3n) is 9.66. The van der Waals surface area contributed by atoms with Crippen LogP contribution in [0.4, 0.5) is 5.69 Å². The maximum Gasteiger partial charge on any atom is 0.166 e. The van der Waals surface area contributed by atoms with Crippen molar-refractivity contribution in [3.63, 3.8) is 0 Å². The van der Waals surface area contributed by atoms with E-state index in [9.17, 15) is 10.2 Å². The summed E-state index contributed by atoms with van der Waals surface area (Å²) in [7, 11) is 4.12. The van der Waals surface area contributed by atoms with Crippen LogP contribution in [-0.2, 0) is 18.3 Å². The van der Waals surface area contributed by atoms with Gasteiger partial charge >= 0.3 is 0 Å². The van der Waals surface area contributed by atoms with Crippen LogP contribution in [0.3, 0.4) is 0 Å². The van der Waals surface area contributed by atoms with Crippen LogP contribution in [0.25, 0.3) is 10.9 Å². The minimum Gasteiger partial charge on any atom is -0.504 e. The summed E-state index contributed by atoms with van der Waals surface area (Å²) in [4.78, 5) is 8.39. The van der Waals surface area contributed by atoms with Gasteiger partial charge in [0.1, 0.15) is 0 Å². The predicted molar refractivity (Wildman–Crippen MR) is 131 cm³/mol. The highest BCUT2D eigenvalue weighted by atomic mass is 16.5. The Morgan fingerprint density at radius 2 is 2.06 bits per heavy atom. The van der Waals surface area contributed by atoms with Crippen LogP contribution in [0.2, 0.25) is 0 Å². The van der Waals surface area contributed by atoms with Crippen molar-refractivity contribution < 1.29 is 14.9 Å². The van der Waals surface area contributed by atoms with E-state index in [1.54, 1.807) is 6.07 Å². The number of benzene rings is 2. The summed E-state index contributed by atoms with van der Waals surface area (Å²) in [6.45, 7) is 2.05. The van der Waals surface area contributed by atoms with Gasteiger partial charge in [0.05, 0.1) is 16.7 Å². The minimum atomic E-state index is -0.937. The lowest BCUT2D eigenvalue weighted by atomic mass is 9.49. The summed E-state index contributed by atoms with van der Waals surface area (Å²) in [5.41, 5.74) is 5.33. The normalized spacial score (nSPS) is 32.9. The number of aromatic nitrogens is 1. The van der Waals surface area contributed by atoms with Gasteiger partial charge in [-0.1, -0.05) is 6.07 Å². The topological polar surface area (TPSA) is 72.0 Å². The van der Waals surface area contributed by atoms with Crippen LogP contribution in [0, 0.1) is 5.92 Å². The Morgan fingerprint density at radius 1 is 1.21 bits per heavy atom. The van der Waals surface area contributed by atoms with Crippen molar-refractivity contribution >= 4 is 16.6 Å². The highest BCUT2D eigenvalue weighted by molar-refractivity contribution is 5.89. The average molecular weight is 458 g/mol. The van der Waals surface area contributed by atoms with Crippen molar-refractivity contribution in [2.45, 2.75) is 55.3 Å². The molecule has 1 unspecified atom stereocenters. The van der Waals surface area contributed by atoms with E-state index in [1.807, 2.05) is 0 Å². The molecule has 3 aromatic rings. The fourth-order valence-corrected chi connectivity index (χ4v) is 7.89. The highest BCUT2D eigenvalue weighted by Gasteiger charge is 2.72. The quantitative estimate of drug-likeness (QED) is 0.560. The van der Waals surface area contributed by atoms with Crippen LogP contribution >= 0.6 is 0 Å². The zero-order valence-corrected chi connectivity index (χ0v) is 19.8. The lowest BCUT2D eigenvalue weighted by Crippen LogP contribution is -2.74. The Kier molecular flexibility index (Phi) is 3.51. The largest absolute Gasteiger partial charge is 0.504 e. The SMILES string of the molecule is CN(C)c1ccc2[nH]c3c(c2c1)C[C@@]1(O)C2Cc4ccc(O)c5c4[C@@]1(CCN2CC1CC1)[C@H]3O5. The standard InChI is InChI=1S/C28H31N3O3/c1-30(2)17-6-7-20-18(12-17)19-13-28(33)22-11-16-5-8-21(32)25-23(16)27(28,26(34-25)24(19)29-20)9-10-31(22)14-15-3-4-15/h5-8,12,15,22,26,29,32-33H,3-4,9-11,13-14H2,1-2H3/t22?,26-,27-,28+/m0/s1. The van der Waals surface area contributed by atoms with E-state index in [1.165, 1.54) is 29.4 Å². The Labute approximate surface area is 199 Å². The first-order chi connectivity index (χ1) is 16.4. The van der Waals surface area contributed by atoms with Gasteiger partial charge < -0.3 is 24.8 Å². The fraction of sp³-hybridized carbons (Fsp3) is 0.500. The number of ether oxygens (including phenoxy) is 1. The molecule has 2 aromatic carbocycles. The van der Waals surface area contributed by atoms with Crippen LogP contribution in [-0.4, -0.2) is 58.9 Å². The van der Waals surface area contributed by atoms with Crippen LogP contribution < -0.4 is 9.64 Å². The van der Waals surface area contributed by atoms with Gasteiger partial charge in [-0.3, -0.25) is 4.90 Å². The number of hydrogen-bond donors (Lipinski definition) is 3. The molecule has 3 heterocycles. The fourth-order valence-electron chi connectivity index (χ4n) is 7.89. The number of nitrogens with zero attached hydrogens (tertiary/aromatic N) is 2. The first-order valence-electron chi connectivity index (χ1n) is 12.7. The number of phenols is 1. The minimum absolute atomic E-state index is 0.0612. The van der Waals surface area contributed by atoms with Crippen LogP contribution in [0.1, 0.15) is 47.8 Å². The molecule has 1 saturated carbocycles. The molecular formula is C28H31N3O3. The number of rotatable bonds is 3. The van der Waals surface area contributed by atoms with Crippen molar-refractivity contribution in [3.8, 4) is 11.5 Å². The molecule has 1 aromatic heterocycles. The molecule has 5 aliphatic rings. The molecule has 0 amide bonds. The van der Waals surface area contributed by atoms with E-state index < -0.39 is 11.0 Å². The molecule has 34 heavy (non-hydrogen) atoms. The summed E-state index contributed by atoms with van der Waals surface area (Å²) in [6.07, 6.45) is 4.58. The number of fused-ring (bicyclic) bond motifs is 4. The lowest BCUT2D eigenvalue weighted by molar-refractivity contribution is -0.173. The zero-order valence-electron chi connectivity index (χ0n) is 19.8. The maximum absolute atomic E-state index is 12.9. The second-order valence-corrected chi connectivity index (χ2v) is 11.6. The molecule has 1 saturated heterocycles. The number of anilines is 1. The molecule has 6 heteroatoms. The Bertz CT molecular complexity index is 1370. The van der Waals surface area contributed by atoms with Crippen molar-refractivity contribution in [3.05, 3.63) is 52.7 Å². The second-order valence-electron chi connectivity index (χ2n) is 11.6. The molecule has 6 nitrogen and oxygen atoms in total. The summed E-state index contributed by atoms with van der Waals surface area (Å²) in [5, 5.41) is 24.9. The second kappa shape index (κ2) is 6.10. The summed E-state index contributed by atoms with van der Waals surface area (Å²) in [5.74, 6) is 1.56. The first kappa shape index (κ1) is 19.6. The van der Waals surface area contributed by atoms with E-state index in [-0.39, 0.29) is 17.9 Å². The van der Waals surface area contributed by atoms with Crippen molar-refractivity contribution in [2.24, 2.45) is 5.92 Å². The van der Waals surface area contributed by atoms with Gasteiger partial charge in [0.15, 0.2) is 17.6 Å². The van der Waals surface area contributed by atoms with E-state index >= 15 is 0 Å². The number of aromatic hydroxyl groups is 1. The number of aromatic amines is 1. The van der Waals surface area contributed by atoms with E-state index in [4.69, 9.17) is 4.74 Å². The van der Waals surface area contributed by atoms with Crippen LogP contribution in [0.15, 0.2) is 30.3 Å². The van der Waals surface area contributed by atoms with Gasteiger partial charge in [-0.2, -0.15) is 0 Å². The molecule has 2 aliphatic heterocycles. The molecule has 3 N–H and O–H groups in total. The number of hydrogen-bond acceptors (Lipinski definition) is 5. The van der Waals surface area contributed by atoms with E-state index in [2.05, 4.69) is 53.1 Å². The summed E-state index contributed by atoms with van der Waals surface area (Å²) >= 11 is 0. The molecule has 2 fully saturated rings. The van der Waals surface area contributed by atoms with Crippen molar-refractivity contribution in [2.75, 3.05) is 32.1 Å². The summed E-state index contributed by atoms with van der Waals surface area (Å²) < 4.78 is 6.67. The maximum atomic E-state index is 12.9. The number of phenolic OH excluding ortho intramolecular Hbond substituents is 1. The number of likely N-dealkylation sites (tertiary alicyclic amines) is 1. The molecular weight excluding hydrogens is 426 g/mol.